The summed E-state index contributed by atoms with van der Waals surface area (Å²) < 4.78 is 1.93. The largest absolute Gasteiger partial charge is 0.271 e. The Kier molecular flexibility index (Phi) is 3.81. The third-order valence-electron chi connectivity index (χ3n) is 3.46. The molecule has 1 aliphatic rings. The molecule has 2 unspecified atom stereocenters. The highest BCUT2D eigenvalue weighted by Gasteiger charge is 2.25. The fourth-order valence-electron chi connectivity index (χ4n) is 2.51. The van der Waals surface area contributed by atoms with Crippen molar-refractivity contribution in [2.45, 2.75) is 44.4 Å². The summed E-state index contributed by atoms with van der Waals surface area (Å²) in [5.74, 6) is 0.681. The van der Waals surface area contributed by atoms with Crippen LogP contribution in [0.3, 0.4) is 0 Å². The lowest BCUT2D eigenvalue weighted by Crippen LogP contribution is -2.06. The van der Waals surface area contributed by atoms with Crippen LogP contribution in [0.15, 0.2) is 0 Å². The van der Waals surface area contributed by atoms with Gasteiger partial charge in [-0.3, -0.25) is 4.68 Å². The first-order valence-corrected chi connectivity index (χ1v) is 6.77. The van der Waals surface area contributed by atoms with E-state index in [4.69, 9.17) is 23.2 Å². The molecule has 1 aromatic rings. The molecular weight excluding hydrogens is 243 g/mol. The number of aromatic nitrogens is 2. The maximum atomic E-state index is 6.33. The molecule has 16 heavy (non-hydrogen) atoms. The van der Waals surface area contributed by atoms with Gasteiger partial charge in [0.05, 0.1) is 16.4 Å². The molecule has 0 spiro atoms. The van der Waals surface area contributed by atoms with Gasteiger partial charge in [0.2, 0.25) is 0 Å². The smallest absolute Gasteiger partial charge is 0.0849 e. The summed E-state index contributed by atoms with van der Waals surface area (Å²) in [5.41, 5.74) is 2.19. The predicted molar refractivity (Wildman–Crippen MR) is 68.3 cm³/mol. The molecule has 0 N–H and O–H groups in total. The number of halogens is 2. The van der Waals surface area contributed by atoms with Crippen LogP contribution in [0.4, 0.5) is 0 Å². The summed E-state index contributed by atoms with van der Waals surface area (Å²) in [6, 6.07) is 0. The number of hydrogen-bond acceptors (Lipinski definition) is 1. The molecule has 1 fully saturated rings. The lowest BCUT2D eigenvalue weighted by atomic mass is 10.0. The minimum atomic E-state index is 0.364. The summed E-state index contributed by atoms with van der Waals surface area (Å²) in [5, 5.41) is 5.67. The number of nitrogens with zero attached hydrogens (tertiary/aromatic N) is 2. The topological polar surface area (TPSA) is 17.8 Å². The number of alkyl halides is 1. The fourth-order valence-corrected chi connectivity index (χ4v) is 3.26. The minimum absolute atomic E-state index is 0.364. The van der Waals surface area contributed by atoms with E-state index in [1.807, 2.05) is 11.7 Å². The standard InChI is InChI=1S/C12H18Cl2N2/c1-3-10-12(14)11(16(2)15-10)7-8-4-5-9(13)6-8/h8-9H,3-7H2,1-2H3. The zero-order chi connectivity index (χ0) is 11.7. The van der Waals surface area contributed by atoms with Gasteiger partial charge >= 0.3 is 0 Å². The molecule has 0 amide bonds. The van der Waals surface area contributed by atoms with E-state index in [-0.39, 0.29) is 0 Å². The second-order valence-electron chi connectivity index (χ2n) is 4.67. The monoisotopic (exact) mass is 260 g/mol. The molecule has 0 radical (unpaired) electrons. The van der Waals surface area contributed by atoms with Crippen LogP contribution >= 0.6 is 23.2 Å². The SMILES string of the molecule is CCc1nn(C)c(CC2CCC(Cl)C2)c1Cl. The van der Waals surface area contributed by atoms with Crippen LogP contribution in [0.5, 0.6) is 0 Å². The highest BCUT2D eigenvalue weighted by Crippen LogP contribution is 2.34. The van der Waals surface area contributed by atoms with Crippen molar-refractivity contribution in [3.8, 4) is 0 Å². The molecule has 0 saturated heterocycles. The van der Waals surface area contributed by atoms with Crippen LogP contribution in [-0.2, 0) is 19.9 Å². The van der Waals surface area contributed by atoms with E-state index in [1.165, 1.54) is 12.1 Å². The molecule has 2 rings (SSSR count). The van der Waals surface area contributed by atoms with Crippen LogP contribution < -0.4 is 0 Å². The predicted octanol–water partition coefficient (Wildman–Crippen LogP) is 3.59. The van der Waals surface area contributed by atoms with E-state index >= 15 is 0 Å². The average Bonchev–Trinajstić information content (AvgIpc) is 2.77. The van der Waals surface area contributed by atoms with Gasteiger partial charge in [-0.25, -0.2) is 0 Å². The summed E-state index contributed by atoms with van der Waals surface area (Å²) >= 11 is 12.5. The van der Waals surface area contributed by atoms with E-state index in [9.17, 15) is 0 Å². The third-order valence-corrected chi connectivity index (χ3v) is 4.29. The van der Waals surface area contributed by atoms with E-state index < -0.39 is 0 Å². The molecule has 2 nitrogen and oxygen atoms in total. The Morgan fingerprint density at radius 2 is 2.19 bits per heavy atom. The van der Waals surface area contributed by atoms with Crippen molar-refractivity contribution in [2.24, 2.45) is 13.0 Å². The molecule has 0 aliphatic heterocycles. The number of rotatable bonds is 3. The van der Waals surface area contributed by atoms with Gasteiger partial charge in [-0.2, -0.15) is 5.10 Å². The molecule has 2 atom stereocenters. The van der Waals surface area contributed by atoms with Crippen LogP contribution in [0.2, 0.25) is 5.02 Å². The zero-order valence-electron chi connectivity index (χ0n) is 9.84. The Hall–Kier alpha value is -0.210. The van der Waals surface area contributed by atoms with Crippen molar-refractivity contribution in [3.63, 3.8) is 0 Å². The maximum absolute atomic E-state index is 6.33. The van der Waals surface area contributed by atoms with Crippen LogP contribution in [-0.4, -0.2) is 15.2 Å². The van der Waals surface area contributed by atoms with Crippen molar-refractivity contribution in [1.29, 1.82) is 0 Å². The first-order valence-electron chi connectivity index (χ1n) is 5.96. The van der Waals surface area contributed by atoms with Crippen molar-refractivity contribution >= 4 is 23.2 Å². The van der Waals surface area contributed by atoms with Gasteiger partial charge in [0.1, 0.15) is 0 Å². The molecule has 0 bridgehead atoms. The Morgan fingerprint density at radius 3 is 2.69 bits per heavy atom. The highest BCUT2D eigenvalue weighted by atomic mass is 35.5. The summed E-state index contributed by atoms with van der Waals surface area (Å²) in [6.07, 6.45) is 5.39. The number of aryl methyl sites for hydroxylation is 2. The quantitative estimate of drug-likeness (QED) is 0.760. The summed E-state index contributed by atoms with van der Waals surface area (Å²) in [4.78, 5) is 0. The van der Waals surface area contributed by atoms with Gasteiger partial charge in [-0.15, -0.1) is 11.6 Å². The molecule has 1 saturated carbocycles. The average molecular weight is 261 g/mol. The maximum Gasteiger partial charge on any atom is 0.0849 e. The Labute approximate surface area is 107 Å². The van der Waals surface area contributed by atoms with Crippen molar-refractivity contribution < 1.29 is 0 Å². The fraction of sp³-hybridized carbons (Fsp3) is 0.750. The van der Waals surface area contributed by atoms with Gasteiger partial charge in [0.15, 0.2) is 0 Å². The molecule has 4 heteroatoms. The number of hydrogen-bond donors (Lipinski definition) is 0. The Morgan fingerprint density at radius 1 is 1.44 bits per heavy atom. The second kappa shape index (κ2) is 4.97. The van der Waals surface area contributed by atoms with Crippen molar-refractivity contribution in [1.82, 2.24) is 9.78 Å². The highest BCUT2D eigenvalue weighted by molar-refractivity contribution is 6.31. The van der Waals surface area contributed by atoms with Gasteiger partial charge in [0.25, 0.3) is 0 Å². The summed E-state index contributed by atoms with van der Waals surface area (Å²) in [7, 11) is 1.98. The van der Waals surface area contributed by atoms with Crippen molar-refractivity contribution in [2.75, 3.05) is 0 Å². The first kappa shape index (κ1) is 12.3. The zero-order valence-corrected chi connectivity index (χ0v) is 11.4. The van der Waals surface area contributed by atoms with E-state index in [0.29, 0.717) is 11.3 Å². The van der Waals surface area contributed by atoms with E-state index in [2.05, 4.69) is 12.0 Å². The van der Waals surface area contributed by atoms with Gasteiger partial charge in [-0.1, -0.05) is 18.5 Å². The molecule has 1 heterocycles. The Bertz CT molecular complexity index is 373. The molecule has 90 valence electrons. The Balaban J connectivity index is 2.12. The lowest BCUT2D eigenvalue weighted by Gasteiger charge is -2.09. The molecule has 1 aliphatic carbocycles. The van der Waals surface area contributed by atoms with Gasteiger partial charge in [-0.05, 0) is 38.0 Å². The molecular formula is C12H18Cl2N2. The normalized spacial score (nSPS) is 25.2. The third kappa shape index (κ3) is 2.38. The van der Waals surface area contributed by atoms with E-state index in [1.54, 1.807) is 0 Å². The van der Waals surface area contributed by atoms with Crippen LogP contribution in [0.1, 0.15) is 37.6 Å². The molecule has 1 aromatic heterocycles. The van der Waals surface area contributed by atoms with Crippen LogP contribution in [0.25, 0.3) is 0 Å². The minimum Gasteiger partial charge on any atom is -0.271 e. The lowest BCUT2D eigenvalue weighted by molar-refractivity contribution is 0.521. The van der Waals surface area contributed by atoms with Crippen LogP contribution in [0, 0.1) is 5.92 Å². The van der Waals surface area contributed by atoms with Gasteiger partial charge < -0.3 is 0 Å². The molecule has 0 aromatic carbocycles. The van der Waals surface area contributed by atoms with Crippen molar-refractivity contribution in [3.05, 3.63) is 16.4 Å². The van der Waals surface area contributed by atoms with Gasteiger partial charge in [0, 0.05) is 12.4 Å². The second-order valence-corrected chi connectivity index (χ2v) is 5.66. The summed E-state index contributed by atoms with van der Waals surface area (Å²) in [6.45, 7) is 2.09. The van der Waals surface area contributed by atoms with E-state index in [0.717, 1.165) is 36.4 Å². The first-order chi connectivity index (χ1) is 7.61.